The second kappa shape index (κ2) is 8.73. The van der Waals surface area contributed by atoms with E-state index in [0.29, 0.717) is 18.0 Å². The fourth-order valence-corrected chi connectivity index (χ4v) is 2.36. The summed E-state index contributed by atoms with van der Waals surface area (Å²) in [5.74, 6) is 0.0417. The summed E-state index contributed by atoms with van der Waals surface area (Å²) >= 11 is 0. The molecule has 0 unspecified atom stereocenters. The van der Waals surface area contributed by atoms with Crippen LogP contribution in [-0.2, 0) is 9.53 Å². The number of amides is 1. The Hall–Kier alpha value is -3.02. The number of benzene rings is 2. The van der Waals surface area contributed by atoms with Gasteiger partial charge in [0.25, 0.3) is 5.91 Å². The number of carbonyl (C=O) groups is 2. The molecule has 0 saturated carbocycles. The van der Waals surface area contributed by atoms with Gasteiger partial charge >= 0.3 is 5.97 Å². The predicted molar refractivity (Wildman–Crippen MR) is 94.3 cm³/mol. The van der Waals surface area contributed by atoms with Gasteiger partial charge in [0.1, 0.15) is 0 Å². The summed E-state index contributed by atoms with van der Waals surface area (Å²) in [6.07, 6.45) is 0. The minimum Gasteiger partial charge on any atom is -0.493 e. The second-order valence-corrected chi connectivity index (χ2v) is 5.12. The van der Waals surface area contributed by atoms with E-state index in [-0.39, 0.29) is 18.1 Å². The van der Waals surface area contributed by atoms with E-state index in [0.717, 1.165) is 5.69 Å². The lowest BCUT2D eigenvalue weighted by Crippen LogP contribution is -2.34. The van der Waals surface area contributed by atoms with E-state index in [1.165, 1.54) is 20.3 Å². The van der Waals surface area contributed by atoms with Gasteiger partial charge in [0.05, 0.1) is 19.8 Å². The van der Waals surface area contributed by atoms with Crippen molar-refractivity contribution in [2.45, 2.75) is 6.92 Å². The molecule has 6 heteroatoms. The van der Waals surface area contributed by atoms with Crippen LogP contribution in [0, 0.1) is 0 Å². The standard InChI is InChI=1S/C19H21NO5/c1-4-20(15-8-6-5-7-9-15)18(21)13-25-19(22)14-10-11-16(23-2)17(12-14)24-3/h5-12H,4,13H2,1-3H3. The molecule has 0 aliphatic rings. The van der Waals surface area contributed by atoms with Gasteiger partial charge in [-0.25, -0.2) is 4.79 Å². The maximum atomic E-state index is 12.3. The van der Waals surface area contributed by atoms with E-state index < -0.39 is 5.97 Å². The smallest absolute Gasteiger partial charge is 0.338 e. The Morgan fingerprint density at radius 3 is 2.24 bits per heavy atom. The van der Waals surface area contributed by atoms with Crippen LogP contribution in [0.5, 0.6) is 11.5 Å². The van der Waals surface area contributed by atoms with Crippen LogP contribution in [0.4, 0.5) is 5.69 Å². The first-order chi connectivity index (χ1) is 12.1. The molecule has 0 spiro atoms. The van der Waals surface area contributed by atoms with Gasteiger partial charge in [0.15, 0.2) is 18.1 Å². The molecule has 0 fully saturated rings. The lowest BCUT2D eigenvalue weighted by Gasteiger charge is -2.20. The van der Waals surface area contributed by atoms with Crippen LogP contribution in [0.15, 0.2) is 48.5 Å². The molecule has 25 heavy (non-hydrogen) atoms. The summed E-state index contributed by atoms with van der Waals surface area (Å²) in [6, 6.07) is 13.9. The Balaban J connectivity index is 2.02. The predicted octanol–water partition coefficient (Wildman–Crippen LogP) is 2.91. The molecule has 0 heterocycles. The number of likely N-dealkylation sites (N-methyl/N-ethyl adjacent to an activating group) is 1. The SMILES string of the molecule is CCN(C(=O)COC(=O)c1ccc(OC)c(OC)c1)c1ccccc1. The number of carbonyl (C=O) groups excluding carboxylic acids is 2. The van der Waals surface area contributed by atoms with Gasteiger partial charge in [0, 0.05) is 12.2 Å². The van der Waals surface area contributed by atoms with Gasteiger partial charge < -0.3 is 19.1 Å². The number of rotatable bonds is 7. The van der Waals surface area contributed by atoms with Crippen molar-refractivity contribution in [1.29, 1.82) is 0 Å². The zero-order valence-corrected chi connectivity index (χ0v) is 14.5. The quantitative estimate of drug-likeness (QED) is 0.723. The first kappa shape index (κ1) is 18.3. The molecule has 0 N–H and O–H groups in total. The fourth-order valence-electron chi connectivity index (χ4n) is 2.36. The van der Waals surface area contributed by atoms with E-state index in [2.05, 4.69) is 0 Å². The Morgan fingerprint density at radius 2 is 1.64 bits per heavy atom. The van der Waals surface area contributed by atoms with Gasteiger partial charge in [0.2, 0.25) is 0 Å². The largest absolute Gasteiger partial charge is 0.493 e. The van der Waals surface area contributed by atoms with Crippen LogP contribution in [-0.4, -0.2) is 39.2 Å². The van der Waals surface area contributed by atoms with Crippen molar-refractivity contribution in [3.05, 3.63) is 54.1 Å². The highest BCUT2D eigenvalue weighted by atomic mass is 16.5. The van der Waals surface area contributed by atoms with E-state index in [1.807, 2.05) is 37.3 Å². The zero-order chi connectivity index (χ0) is 18.2. The first-order valence-corrected chi connectivity index (χ1v) is 7.85. The van der Waals surface area contributed by atoms with Crippen molar-refractivity contribution in [3.63, 3.8) is 0 Å². The number of anilines is 1. The van der Waals surface area contributed by atoms with Crippen molar-refractivity contribution >= 4 is 17.6 Å². The average Bonchev–Trinajstić information content (AvgIpc) is 2.66. The molecule has 0 aliphatic heterocycles. The minimum atomic E-state index is -0.599. The van der Waals surface area contributed by atoms with Crippen LogP contribution in [0.2, 0.25) is 0 Å². The van der Waals surface area contributed by atoms with Crippen molar-refractivity contribution in [1.82, 2.24) is 0 Å². The topological polar surface area (TPSA) is 65.1 Å². The molecule has 0 radical (unpaired) electrons. The Labute approximate surface area is 146 Å². The van der Waals surface area contributed by atoms with Crippen LogP contribution < -0.4 is 14.4 Å². The fraction of sp³-hybridized carbons (Fsp3) is 0.263. The van der Waals surface area contributed by atoms with Gasteiger partial charge in [-0.05, 0) is 37.3 Å². The minimum absolute atomic E-state index is 0.285. The lowest BCUT2D eigenvalue weighted by molar-refractivity contribution is -0.121. The summed E-state index contributed by atoms with van der Waals surface area (Å²) in [5.41, 5.74) is 1.05. The summed E-state index contributed by atoms with van der Waals surface area (Å²) < 4.78 is 15.4. The summed E-state index contributed by atoms with van der Waals surface area (Å²) in [4.78, 5) is 26.1. The zero-order valence-electron chi connectivity index (χ0n) is 14.5. The number of nitrogens with zero attached hydrogens (tertiary/aromatic N) is 1. The van der Waals surface area contributed by atoms with Crippen molar-refractivity contribution < 1.29 is 23.8 Å². The molecular formula is C19H21NO5. The van der Waals surface area contributed by atoms with Gasteiger partial charge in [-0.1, -0.05) is 18.2 Å². The van der Waals surface area contributed by atoms with Crippen molar-refractivity contribution in [2.24, 2.45) is 0 Å². The summed E-state index contributed by atoms with van der Waals surface area (Å²) in [5, 5.41) is 0. The molecular weight excluding hydrogens is 322 g/mol. The molecule has 2 rings (SSSR count). The number of esters is 1. The molecule has 0 aliphatic carbocycles. The molecule has 0 saturated heterocycles. The molecule has 6 nitrogen and oxygen atoms in total. The first-order valence-electron chi connectivity index (χ1n) is 7.85. The maximum Gasteiger partial charge on any atom is 0.338 e. The van der Waals surface area contributed by atoms with Crippen molar-refractivity contribution in [2.75, 3.05) is 32.3 Å². The lowest BCUT2D eigenvalue weighted by atomic mass is 10.2. The van der Waals surface area contributed by atoms with Crippen LogP contribution in [0.3, 0.4) is 0 Å². The molecule has 0 atom stereocenters. The molecule has 0 bridgehead atoms. The second-order valence-electron chi connectivity index (χ2n) is 5.12. The highest BCUT2D eigenvalue weighted by molar-refractivity contribution is 5.97. The van der Waals surface area contributed by atoms with Crippen LogP contribution in [0.1, 0.15) is 17.3 Å². The third-order valence-corrected chi connectivity index (χ3v) is 3.63. The van der Waals surface area contributed by atoms with Gasteiger partial charge in [-0.3, -0.25) is 4.79 Å². The molecule has 1 amide bonds. The van der Waals surface area contributed by atoms with E-state index >= 15 is 0 Å². The van der Waals surface area contributed by atoms with Crippen molar-refractivity contribution in [3.8, 4) is 11.5 Å². The Kier molecular flexibility index (Phi) is 6.39. The number of hydrogen-bond acceptors (Lipinski definition) is 5. The highest BCUT2D eigenvalue weighted by Gasteiger charge is 2.17. The van der Waals surface area contributed by atoms with Gasteiger partial charge in [-0.2, -0.15) is 0 Å². The highest BCUT2D eigenvalue weighted by Crippen LogP contribution is 2.27. The third-order valence-electron chi connectivity index (χ3n) is 3.63. The number of para-hydroxylation sites is 1. The maximum absolute atomic E-state index is 12.3. The van der Waals surface area contributed by atoms with Gasteiger partial charge in [-0.15, -0.1) is 0 Å². The van der Waals surface area contributed by atoms with E-state index in [1.54, 1.807) is 17.0 Å². The number of ether oxygens (including phenoxy) is 3. The average molecular weight is 343 g/mol. The van der Waals surface area contributed by atoms with Crippen LogP contribution in [0.25, 0.3) is 0 Å². The Bertz CT molecular complexity index is 730. The van der Waals surface area contributed by atoms with Crippen LogP contribution >= 0.6 is 0 Å². The van der Waals surface area contributed by atoms with E-state index in [4.69, 9.17) is 14.2 Å². The Morgan fingerprint density at radius 1 is 0.960 bits per heavy atom. The molecule has 0 aromatic heterocycles. The molecule has 132 valence electrons. The summed E-state index contributed by atoms with van der Waals surface area (Å²) in [7, 11) is 2.99. The number of methoxy groups -OCH3 is 2. The molecule has 2 aromatic rings. The van der Waals surface area contributed by atoms with E-state index in [9.17, 15) is 9.59 Å². The molecule has 2 aromatic carbocycles. The normalized spacial score (nSPS) is 10.0. The monoisotopic (exact) mass is 343 g/mol. The summed E-state index contributed by atoms with van der Waals surface area (Å²) in [6.45, 7) is 2.01. The number of hydrogen-bond donors (Lipinski definition) is 0. The third kappa shape index (κ3) is 4.50.